The highest BCUT2D eigenvalue weighted by Crippen LogP contribution is 2.21. The van der Waals surface area contributed by atoms with Crippen molar-refractivity contribution in [1.82, 2.24) is 14.4 Å². The van der Waals surface area contributed by atoms with E-state index in [0.717, 1.165) is 17.6 Å². The first kappa shape index (κ1) is 11.5. The number of imidazole rings is 1. The van der Waals surface area contributed by atoms with E-state index in [9.17, 15) is 4.79 Å². The fourth-order valence-corrected chi connectivity index (χ4v) is 2.07. The van der Waals surface area contributed by atoms with E-state index in [1.54, 1.807) is 6.20 Å². The highest BCUT2D eigenvalue weighted by atomic mass is 16.1. The van der Waals surface area contributed by atoms with Crippen LogP contribution in [0.2, 0.25) is 0 Å². The third-order valence-electron chi connectivity index (χ3n) is 2.89. The van der Waals surface area contributed by atoms with E-state index in [1.165, 1.54) is 0 Å². The average Bonchev–Trinajstić information content (AvgIpc) is 2.85. The number of aromatic nitrogens is 3. The molecule has 0 aliphatic carbocycles. The van der Waals surface area contributed by atoms with Crippen LogP contribution in [0, 0.1) is 0 Å². The Morgan fingerprint density at radius 3 is 2.89 bits per heavy atom. The van der Waals surface area contributed by atoms with E-state index in [2.05, 4.69) is 15.3 Å². The maximum Gasteiger partial charge on any atom is 0.268 e. The number of primary amides is 1. The van der Waals surface area contributed by atoms with Crippen LogP contribution in [0.15, 0.2) is 30.5 Å². The Kier molecular flexibility index (Phi) is 2.56. The maximum absolute atomic E-state index is 11.3. The molecule has 0 saturated carbocycles. The van der Waals surface area contributed by atoms with E-state index >= 15 is 0 Å². The molecule has 0 aliphatic rings. The van der Waals surface area contributed by atoms with E-state index in [0.29, 0.717) is 11.5 Å². The van der Waals surface area contributed by atoms with Gasteiger partial charge < -0.3 is 11.1 Å². The molecule has 0 bridgehead atoms. The molecule has 0 saturated heterocycles. The fraction of sp³-hybridized carbons (Fsp3) is 0.154. The van der Waals surface area contributed by atoms with Gasteiger partial charge in [-0.3, -0.25) is 9.20 Å². The molecule has 0 spiro atoms. The molecule has 2 aromatic heterocycles. The van der Waals surface area contributed by atoms with E-state index < -0.39 is 5.91 Å². The number of nitrogens with two attached hydrogens (primary N) is 1. The summed E-state index contributed by atoms with van der Waals surface area (Å²) in [6.45, 7) is 2.70. The lowest BCUT2D eigenvalue weighted by Crippen LogP contribution is -2.11. The van der Waals surface area contributed by atoms with Gasteiger partial charge >= 0.3 is 0 Å². The minimum atomic E-state index is -0.546. The van der Waals surface area contributed by atoms with Gasteiger partial charge in [0, 0.05) is 12.7 Å². The number of carbonyl (C=O) groups excluding carboxylic acids is 1. The maximum atomic E-state index is 11.3. The van der Waals surface area contributed by atoms with Crippen LogP contribution >= 0.6 is 0 Å². The Morgan fingerprint density at radius 1 is 1.37 bits per heavy atom. The summed E-state index contributed by atoms with van der Waals surface area (Å²) >= 11 is 0. The van der Waals surface area contributed by atoms with E-state index in [4.69, 9.17) is 5.73 Å². The lowest BCUT2D eigenvalue weighted by atomic mass is 10.3. The Morgan fingerprint density at radius 2 is 2.16 bits per heavy atom. The van der Waals surface area contributed by atoms with Crippen LogP contribution in [0.4, 0.5) is 5.82 Å². The zero-order chi connectivity index (χ0) is 13.4. The first-order valence-corrected chi connectivity index (χ1v) is 6.02. The van der Waals surface area contributed by atoms with Crippen LogP contribution in [0.25, 0.3) is 16.7 Å². The number of benzene rings is 1. The Labute approximate surface area is 109 Å². The SMILES string of the molecule is CCNc1nc2ccccc2n2cc(C(N)=O)nc12. The van der Waals surface area contributed by atoms with Crippen LogP contribution in [-0.2, 0) is 0 Å². The lowest BCUT2D eigenvalue weighted by molar-refractivity contribution is 0.0996. The molecule has 0 fully saturated rings. The highest BCUT2D eigenvalue weighted by Gasteiger charge is 2.13. The fourth-order valence-electron chi connectivity index (χ4n) is 2.07. The number of para-hydroxylation sites is 2. The zero-order valence-electron chi connectivity index (χ0n) is 10.4. The van der Waals surface area contributed by atoms with E-state index in [-0.39, 0.29) is 5.69 Å². The van der Waals surface area contributed by atoms with Gasteiger partial charge in [-0.15, -0.1) is 0 Å². The largest absolute Gasteiger partial charge is 0.367 e. The molecule has 6 heteroatoms. The van der Waals surface area contributed by atoms with Gasteiger partial charge in [-0.2, -0.15) is 0 Å². The second kappa shape index (κ2) is 4.24. The van der Waals surface area contributed by atoms with Gasteiger partial charge in [0.25, 0.3) is 5.91 Å². The normalized spacial score (nSPS) is 11.0. The third kappa shape index (κ3) is 1.77. The second-order valence-electron chi connectivity index (χ2n) is 4.16. The Bertz CT molecular complexity index is 777. The summed E-state index contributed by atoms with van der Waals surface area (Å²) in [7, 11) is 0. The first-order valence-electron chi connectivity index (χ1n) is 6.02. The molecular formula is C13H13N5O. The summed E-state index contributed by atoms with van der Waals surface area (Å²) in [4.78, 5) is 20.0. The predicted molar refractivity (Wildman–Crippen MR) is 73.2 cm³/mol. The standard InChI is InChI=1S/C13H13N5O/c1-2-15-12-13-17-9(11(14)19)7-18(13)10-6-4-3-5-8(10)16-12/h3-7H,2H2,1H3,(H2,14,19)(H,15,16). The number of nitrogens with zero attached hydrogens (tertiary/aromatic N) is 3. The quantitative estimate of drug-likeness (QED) is 0.741. The zero-order valence-corrected chi connectivity index (χ0v) is 10.4. The summed E-state index contributed by atoms with van der Waals surface area (Å²) < 4.78 is 1.83. The molecular weight excluding hydrogens is 242 g/mol. The molecule has 3 N–H and O–H groups in total. The van der Waals surface area contributed by atoms with Crippen molar-refractivity contribution in [2.45, 2.75) is 6.92 Å². The molecule has 3 rings (SSSR count). The van der Waals surface area contributed by atoms with Crippen LogP contribution in [0.5, 0.6) is 0 Å². The van der Waals surface area contributed by atoms with E-state index in [1.807, 2.05) is 35.6 Å². The summed E-state index contributed by atoms with van der Waals surface area (Å²) in [6.07, 6.45) is 1.64. The molecule has 19 heavy (non-hydrogen) atoms. The molecule has 6 nitrogen and oxygen atoms in total. The van der Waals surface area contributed by atoms with Crippen molar-refractivity contribution in [1.29, 1.82) is 0 Å². The molecule has 0 radical (unpaired) electrons. The minimum absolute atomic E-state index is 0.234. The number of fused-ring (bicyclic) bond motifs is 3. The van der Waals surface area contributed by atoms with Gasteiger partial charge in [0.1, 0.15) is 5.69 Å². The summed E-state index contributed by atoms with van der Waals surface area (Å²) in [5.74, 6) is 0.101. The lowest BCUT2D eigenvalue weighted by Gasteiger charge is -2.07. The van der Waals surface area contributed by atoms with Gasteiger partial charge in [-0.05, 0) is 19.1 Å². The summed E-state index contributed by atoms with van der Waals surface area (Å²) in [5.41, 5.74) is 7.85. The number of nitrogens with one attached hydrogen (secondary N) is 1. The molecule has 0 unspecified atom stereocenters. The number of amides is 1. The average molecular weight is 255 g/mol. The third-order valence-corrected chi connectivity index (χ3v) is 2.89. The van der Waals surface area contributed by atoms with Crippen LogP contribution in [-0.4, -0.2) is 26.8 Å². The number of anilines is 1. The highest BCUT2D eigenvalue weighted by molar-refractivity contribution is 5.93. The molecule has 0 aliphatic heterocycles. The topological polar surface area (TPSA) is 85.3 Å². The van der Waals surface area contributed by atoms with Gasteiger partial charge in [0.15, 0.2) is 11.5 Å². The predicted octanol–water partition coefficient (Wildman–Crippen LogP) is 1.41. The van der Waals surface area contributed by atoms with Crippen molar-refractivity contribution >= 4 is 28.4 Å². The van der Waals surface area contributed by atoms with Crippen LogP contribution in [0.3, 0.4) is 0 Å². The van der Waals surface area contributed by atoms with Crippen LogP contribution < -0.4 is 11.1 Å². The second-order valence-corrected chi connectivity index (χ2v) is 4.16. The molecule has 0 atom stereocenters. The monoisotopic (exact) mass is 255 g/mol. The Balaban J connectivity index is 2.41. The number of carbonyl (C=O) groups is 1. The molecule has 96 valence electrons. The molecule has 1 amide bonds. The van der Waals surface area contributed by atoms with Gasteiger partial charge in [0.2, 0.25) is 0 Å². The summed E-state index contributed by atoms with van der Waals surface area (Å²) in [5, 5.41) is 3.15. The number of rotatable bonds is 3. The van der Waals surface area contributed by atoms with Crippen molar-refractivity contribution in [3.63, 3.8) is 0 Å². The van der Waals surface area contributed by atoms with Gasteiger partial charge in [0.05, 0.1) is 11.0 Å². The summed E-state index contributed by atoms with van der Waals surface area (Å²) in [6, 6.07) is 7.68. The van der Waals surface area contributed by atoms with Crippen molar-refractivity contribution in [2.24, 2.45) is 5.73 Å². The number of hydrogen-bond donors (Lipinski definition) is 2. The minimum Gasteiger partial charge on any atom is -0.367 e. The van der Waals surface area contributed by atoms with Crippen molar-refractivity contribution in [2.75, 3.05) is 11.9 Å². The molecule has 2 heterocycles. The van der Waals surface area contributed by atoms with Gasteiger partial charge in [-0.1, -0.05) is 12.1 Å². The van der Waals surface area contributed by atoms with Crippen LogP contribution in [0.1, 0.15) is 17.4 Å². The van der Waals surface area contributed by atoms with Gasteiger partial charge in [-0.25, -0.2) is 9.97 Å². The van der Waals surface area contributed by atoms with Crippen molar-refractivity contribution < 1.29 is 4.79 Å². The molecule has 1 aromatic carbocycles. The van der Waals surface area contributed by atoms with Crippen molar-refractivity contribution in [3.8, 4) is 0 Å². The first-order chi connectivity index (χ1) is 9.20. The van der Waals surface area contributed by atoms with Crippen molar-refractivity contribution in [3.05, 3.63) is 36.2 Å². The molecule has 3 aromatic rings. The number of hydrogen-bond acceptors (Lipinski definition) is 4. The smallest absolute Gasteiger partial charge is 0.268 e. The Hall–Kier alpha value is -2.63.